The van der Waals surface area contributed by atoms with Crippen molar-refractivity contribution in [2.45, 2.75) is 26.2 Å². The molecule has 0 spiro atoms. The molecule has 0 radical (unpaired) electrons. The number of carbonyl (C=O) groups is 1. The number of methoxy groups -OCH3 is 1. The van der Waals surface area contributed by atoms with E-state index in [1.54, 1.807) is 0 Å². The molecule has 0 bridgehead atoms. The maximum atomic E-state index is 10.8. The fourth-order valence-corrected chi connectivity index (χ4v) is 1.27. The van der Waals surface area contributed by atoms with E-state index in [0.29, 0.717) is 6.42 Å². The van der Waals surface area contributed by atoms with Gasteiger partial charge in [-0.15, -0.1) is 0 Å². The lowest BCUT2D eigenvalue weighted by Crippen LogP contribution is -2.26. The summed E-state index contributed by atoms with van der Waals surface area (Å²) < 4.78 is 4.55. The Morgan fingerprint density at radius 2 is 2.00 bits per heavy atom. The number of ether oxygens (including phenoxy) is 1. The lowest BCUT2D eigenvalue weighted by atomic mass is 10.3. The molecule has 0 aromatic carbocycles. The summed E-state index contributed by atoms with van der Waals surface area (Å²) in [4.78, 5) is 13.0. The molecule has 0 aliphatic heterocycles. The highest BCUT2D eigenvalue weighted by Crippen LogP contribution is 1.97. The minimum absolute atomic E-state index is 0.150. The molecular weight excluding hydrogens is 182 g/mol. The van der Waals surface area contributed by atoms with E-state index < -0.39 is 0 Å². The Morgan fingerprint density at radius 3 is 2.50 bits per heavy atom. The quantitative estimate of drug-likeness (QED) is 0.588. The Hall–Kier alpha value is -0.610. The van der Waals surface area contributed by atoms with Gasteiger partial charge >= 0.3 is 5.97 Å². The average molecular weight is 203 g/mol. The monoisotopic (exact) mass is 203 g/mol. The number of rotatable bonds is 8. The third-order valence-corrected chi connectivity index (χ3v) is 2.16. The van der Waals surface area contributed by atoms with Crippen LogP contribution in [0.4, 0.5) is 0 Å². The minimum atomic E-state index is -0.150. The molecule has 0 unspecified atom stereocenters. The van der Waals surface area contributed by atoms with E-state index in [-0.39, 0.29) is 12.6 Å². The number of hydrogen-bond acceptors (Lipinski definition) is 4. The zero-order valence-corrected chi connectivity index (χ0v) is 9.16. The third kappa shape index (κ3) is 6.86. The zero-order chi connectivity index (χ0) is 10.8. The first-order valence-corrected chi connectivity index (χ1v) is 5.14. The SMILES string of the molecule is CCN(CCCO)CCCC(=O)OC. The van der Waals surface area contributed by atoms with E-state index >= 15 is 0 Å². The zero-order valence-electron chi connectivity index (χ0n) is 9.16. The van der Waals surface area contributed by atoms with Gasteiger partial charge in [-0.3, -0.25) is 4.79 Å². The van der Waals surface area contributed by atoms with Crippen LogP contribution in [0.5, 0.6) is 0 Å². The van der Waals surface area contributed by atoms with Gasteiger partial charge in [0.05, 0.1) is 7.11 Å². The molecule has 0 rings (SSSR count). The summed E-state index contributed by atoms with van der Waals surface area (Å²) in [6.45, 7) is 5.06. The van der Waals surface area contributed by atoms with Crippen molar-refractivity contribution in [3.8, 4) is 0 Å². The van der Waals surface area contributed by atoms with E-state index in [2.05, 4.69) is 16.6 Å². The molecule has 0 atom stereocenters. The van der Waals surface area contributed by atoms with Crippen LogP contribution in [0.3, 0.4) is 0 Å². The molecule has 0 aliphatic carbocycles. The van der Waals surface area contributed by atoms with Gasteiger partial charge in [0.25, 0.3) is 0 Å². The van der Waals surface area contributed by atoms with Gasteiger partial charge < -0.3 is 14.7 Å². The second-order valence-corrected chi connectivity index (χ2v) is 3.19. The highest BCUT2D eigenvalue weighted by molar-refractivity contribution is 5.69. The van der Waals surface area contributed by atoms with E-state index in [0.717, 1.165) is 32.5 Å². The summed E-state index contributed by atoms with van der Waals surface area (Å²) in [7, 11) is 1.41. The van der Waals surface area contributed by atoms with Gasteiger partial charge in [0, 0.05) is 19.6 Å². The van der Waals surface area contributed by atoms with Crippen molar-refractivity contribution < 1.29 is 14.6 Å². The van der Waals surface area contributed by atoms with Gasteiger partial charge in [-0.25, -0.2) is 0 Å². The molecule has 4 nitrogen and oxygen atoms in total. The summed E-state index contributed by atoms with van der Waals surface area (Å²) >= 11 is 0. The van der Waals surface area contributed by atoms with Crippen LogP contribution in [0.25, 0.3) is 0 Å². The molecule has 0 amide bonds. The molecule has 14 heavy (non-hydrogen) atoms. The number of aliphatic hydroxyl groups is 1. The number of hydrogen-bond donors (Lipinski definition) is 1. The van der Waals surface area contributed by atoms with Crippen LogP contribution < -0.4 is 0 Å². The Kier molecular flexibility index (Phi) is 8.57. The third-order valence-electron chi connectivity index (χ3n) is 2.16. The van der Waals surface area contributed by atoms with Crippen LogP contribution in [0.2, 0.25) is 0 Å². The summed E-state index contributed by atoms with van der Waals surface area (Å²) in [5, 5.41) is 8.66. The van der Waals surface area contributed by atoms with Crippen LogP contribution in [0.1, 0.15) is 26.2 Å². The maximum absolute atomic E-state index is 10.8. The Labute approximate surface area is 85.9 Å². The molecule has 0 heterocycles. The van der Waals surface area contributed by atoms with E-state index in [4.69, 9.17) is 5.11 Å². The van der Waals surface area contributed by atoms with E-state index in [1.165, 1.54) is 7.11 Å². The van der Waals surface area contributed by atoms with Crippen molar-refractivity contribution in [2.24, 2.45) is 0 Å². The number of carbonyl (C=O) groups excluding carboxylic acids is 1. The highest BCUT2D eigenvalue weighted by Gasteiger charge is 2.04. The molecule has 0 saturated heterocycles. The van der Waals surface area contributed by atoms with Gasteiger partial charge in [-0.2, -0.15) is 0 Å². The first-order valence-electron chi connectivity index (χ1n) is 5.14. The Morgan fingerprint density at radius 1 is 1.36 bits per heavy atom. The highest BCUT2D eigenvalue weighted by atomic mass is 16.5. The molecule has 4 heteroatoms. The molecule has 0 fully saturated rings. The lowest BCUT2D eigenvalue weighted by Gasteiger charge is -2.19. The fourth-order valence-electron chi connectivity index (χ4n) is 1.27. The van der Waals surface area contributed by atoms with Crippen molar-refractivity contribution in [1.82, 2.24) is 4.90 Å². The summed E-state index contributed by atoms with van der Waals surface area (Å²) in [5.41, 5.74) is 0. The van der Waals surface area contributed by atoms with Gasteiger partial charge in [0.2, 0.25) is 0 Å². The Balaban J connectivity index is 3.46. The normalized spacial score (nSPS) is 10.6. The van der Waals surface area contributed by atoms with Crippen LogP contribution in [-0.4, -0.2) is 49.3 Å². The van der Waals surface area contributed by atoms with Gasteiger partial charge in [0.15, 0.2) is 0 Å². The van der Waals surface area contributed by atoms with Crippen molar-refractivity contribution in [3.63, 3.8) is 0 Å². The van der Waals surface area contributed by atoms with Crippen LogP contribution in [0.15, 0.2) is 0 Å². The fraction of sp³-hybridized carbons (Fsp3) is 0.900. The van der Waals surface area contributed by atoms with Crippen molar-refractivity contribution in [3.05, 3.63) is 0 Å². The van der Waals surface area contributed by atoms with Crippen molar-refractivity contribution in [1.29, 1.82) is 0 Å². The second-order valence-electron chi connectivity index (χ2n) is 3.19. The molecule has 0 aromatic rings. The molecule has 0 aliphatic rings. The van der Waals surface area contributed by atoms with Crippen molar-refractivity contribution >= 4 is 5.97 Å². The lowest BCUT2D eigenvalue weighted by molar-refractivity contribution is -0.140. The van der Waals surface area contributed by atoms with Crippen molar-refractivity contribution in [2.75, 3.05) is 33.4 Å². The van der Waals surface area contributed by atoms with Gasteiger partial charge in [-0.1, -0.05) is 6.92 Å². The molecule has 84 valence electrons. The molecule has 0 saturated carbocycles. The van der Waals surface area contributed by atoms with Gasteiger partial charge in [0.1, 0.15) is 0 Å². The predicted octanol–water partition coefficient (Wildman–Crippen LogP) is 0.644. The number of nitrogens with zero attached hydrogens (tertiary/aromatic N) is 1. The maximum Gasteiger partial charge on any atom is 0.305 e. The first kappa shape index (κ1) is 13.4. The smallest absolute Gasteiger partial charge is 0.305 e. The molecule has 0 aromatic heterocycles. The first-order chi connectivity index (χ1) is 6.74. The van der Waals surface area contributed by atoms with E-state index in [1.807, 2.05) is 0 Å². The largest absolute Gasteiger partial charge is 0.469 e. The summed E-state index contributed by atoms with van der Waals surface area (Å²) in [6, 6.07) is 0. The summed E-state index contributed by atoms with van der Waals surface area (Å²) in [6.07, 6.45) is 2.10. The summed E-state index contributed by atoms with van der Waals surface area (Å²) in [5.74, 6) is -0.150. The van der Waals surface area contributed by atoms with Crippen LogP contribution >= 0.6 is 0 Å². The minimum Gasteiger partial charge on any atom is -0.469 e. The van der Waals surface area contributed by atoms with Gasteiger partial charge in [-0.05, 0) is 25.9 Å². The molecular formula is C10H21NO3. The van der Waals surface area contributed by atoms with Crippen LogP contribution in [-0.2, 0) is 9.53 Å². The number of aliphatic hydroxyl groups excluding tert-OH is 1. The Bertz CT molecular complexity index is 150. The molecule has 1 N–H and O–H groups in total. The predicted molar refractivity (Wildman–Crippen MR) is 55.1 cm³/mol. The average Bonchev–Trinajstić information content (AvgIpc) is 2.22. The second kappa shape index (κ2) is 8.97. The number of esters is 1. The topological polar surface area (TPSA) is 49.8 Å². The van der Waals surface area contributed by atoms with E-state index in [9.17, 15) is 4.79 Å². The van der Waals surface area contributed by atoms with Crippen LogP contribution in [0, 0.1) is 0 Å². The standard InChI is InChI=1S/C10H21NO3/c1-3-11(8-5-9-12)7-4-6-10(13)14-2/h12H,3-9H2,1-2H3.